The minimum Gasteiger partial charge on any atom is -0.497 e. The van der Waals surface area contributed by atoms with Crippen molar-refractivity contribution in [1.82, 2.24) is 0 Å². The van der Waals surface area contributed by atoms with Crippen LogP contribution in [0.5, 0.6) is 11.5 Å². The highest BCUT2D eigenvalue weighted by Gasteiger charge is 2.32. The summed E-state index contributed by atoms with van der Waals surface area (Å²) in [4.78, 5) is 1.35. The van der Waals surface area contributed by atoms with Crippen LogP contribution in [0, 0.1) is 0 Å². The maximum Gasteiger partial charge on any atom is 0.119 e. The van der Waals surface area contributed by atoms with Crippen LogP contribution in [0.4, 0.5) is 0 Å². The van der Waals surface area contributed by atoms with Gasteiger partial charge in [0, 0.05) is 16.1 Å². The lowest BCUT2D eigenvalue weighted by molar-refractivity contribution is 0.412. The molecule has 3 rings (SSSR count). The summed E-state index contributed by atoms with van der Waals surface area (Å²) in [5.41, 5.74) is 2.95. The van der Waals surface area contributed by atoms with Crippen LogP contribution in [0.1, 0.15) is 18.1 Å². The fraction of sp³-hybridized carbons (Fsp3) is 0.333. The quantitative estimate of drug-likeness (QED) is 0.841. The van der Waals surface area contributed by atoms with Crippen LogP contribution < -0.4 is 9.47 Å². The Balaban J connectivity index is 1.89. The van der Waals surface area contributed by atoms with Crippen LogP contribution in [0.2, 0.25) is 0 Å². The zero-order valence-corrected chi connectivity index (χ0v) is 13.5. The summed E-state index contributed by atoms with van der Waals surface area (Å²) in [6.45, 7) is 2.34. The SMILES string of the molecule is COc1ccc([C@@]2(C)CSc3cc(OC)ccc3C2)cc1. The van der Waals surface area contributed by atoms with Gasteiger partial charge in [0.25, 0.3) is 0 Å². The fourth-order valence-electron chi connectivity index (χ4n) is 2.83. The van der Waals surface area contributed by atoms with E-state index >= 15 is 0 Å². The van der Waals surface area contributed by atoms with Crippen LogP contribution in [0.15, 0.2) is 47.4 Å². The van der Waals surface area contributed by atoms with Crippen molar-refractivity contribution >= 4 is 11.8 Å². The first-order valence-corrected chi connectivity index (χ1v) is 8.07. The molecule has 0 aliphatic carbocycles. The Morgan fingerprint density at radius 3 is 2.29 bits per heavy atom. The minimum absolute atomic E-state index is 0.165. The Labute approximate surface area is 130 Å². The average Bonchev–Trinajstić information content (AvgIpc) is 2.54. The highest BCUT2D eigenvalue weighted by Crippen LogP contribution is 2.43. The number of rotatable bonds is 3. The first-order valence-electron chi connectivity index (χ1n) is 7.09. The highest BCUT2D eigenvalue weighted by atomic mass is 32.2. The molecule has 1 heterocycles. The third-order valence-electron chi connectivity index (χ3n) is 4.19. The van der Waals surface area contributed by atoms with Gasteiger partial charge in [0.2, 0.25) is 0 Å². The number of hydrogen-bond acceptors (Lipinski definition) is 3. The Morgan fingerprint density at radius 2 is 1.62 bits per heavy atom. The van der Waals surface area contributed by atoms with Gasteiger partial charge in [0.15, 0.2) is 0 Å². The number of thioether (sulfide) groups is 1. The molecule has 1 aliphatic rings. The third kappa shape index (κ3) is 2.75. The fourth-order valence-corrected chi connectivity index (χ4v) is 4.10. The van der Waals surface area contributed by atoms with Gasteiger partial charge in [-0.1, -0.05) is 25.1 Å². The van der Waals surface area contributed by atoms with E-state index in [0.29, 0.717) is 0 Å². The predicted octanol–water partition coefficient (Wildman–Crippen LogP) is 4.31. The molecule has 2 aromatic carbocycles. The van der Waals surface area contributed by atoms with Crippen molar-refractivity contribution in [3.05, 3.63) is 53.6 Å². The number of ether oxygens (including phenoxy) is 2. The van der Waals surface area contributed by atoms with Crippen molar-refractivity contribution in [2.75, 3.05) is 20.0 Å². The second-order valence-corrected chi connectivity index (χ2v) is 6.75. The maximum atomic E-state index is 5.32. The maximum absolute atomic E-state index is 5.32. The molecule has 0 fully saturated rings. The number of methoxy groups -OCH3 is 2. The molecule has 0 N–H and O–H groups in total. The molecule has 0 saturated carbocycles. The van der Waals surface area contributed by atoms with Crippen LogP contribution in [0.25, 0.3) is 0 Å². The highest BCUT2D eigenvalue weighted by molar-refractivity contribution is 7.99. The summed E-state index contributed by atoms with van der Waals surface area (Å²) in [6.07, 6.45) is 1.06. The van der Waals surface area contributed by atoms with Gasteiger partial charge in [0.05, 0.1) is 14.2 Å². The van der Waals surface area contributed by atoms with Gasteiger partial charge in [-0.3, -0.25) is 0 Å². The molecule has 0 amide bonds. The smallest absolute Gasteiger partial charge is 0.119 e. The second kappa shape index (κ2) is 5.64. The lowest BCUT2D eigenvalue weighted by atomic mass is 9.78. The molecule has 2 aromatic rings. The molecule has 0 unspecified atom stereocenters. The van der Waals surface area contributed by atoms with E-state index in [2.05, 4.69) is 49.4 Å². The van der Waals surface area contributed by atoms with E-state index in [1.54, 1.807) is 14.2 Å². The summed E-state index contributed by atoms with van der Waals surface area (Å²) in [5, 5.41) is 0. The summed E-state index contributed by atoms with van der Waals surface area (Å²) >= 11 is 1.92. The van der Waals surface area contributed by atoms with E-state index in [-0.39, 0.29) is 5.41 Å². The Morgan fingerprint density at radius 1 is 0.952 bits per heavy atom. The second-order valence-electron chi connectivity index (χ2n) is 5.73. The molecule has 3 heteroatoms. The van der Waals surface area contributed by atoms with Crippen molar-refractivity contribution in [2.24, 2.45) is 0 Å². The molecule has 0 saturated heterocycles. The Hall–Kier alpha value is -1.61. The first-order chi connectivity index (χ1) is 10.1. The molecule has 0 aromatic heterocycles. The van der Waals surface area contributed by atoms with Gasteiger partial charge in [0.1, 0.15) is 11.5 Å². The van der Waals surface area contributed by atoms with Gasteiger partial charge in [-0.15, -0.1) is 11.8 Å². The lowest BCUT2D eigenvalue weighted by Gasteiger charge is -2.35. The predicted molar refractivity (Wildman–Crippen MR) is 87.8 cm³/mol. The molecular formula is C18H20O2S. The monoisotopic (exact) mass is 300 g/mol. The van der Waals surface area contributed by atoms with E-state index < -0.39 is 0 Å². The Bertz CT molecular complexity index is 636. The molecule has 0 spiro atoms. The molecule has 21 heavy (non-hydrogen) atoms. The summed E-state index contributed by atoms with van der Waals surface area (Å²) < 4.78 is 10.6. The van der Waals surface area contributed by atoms with E-state index in [1.165, 1.54) is 16.0 Å². The van der Waals surface area contributed by atoms with Crippen molar-refractivity contribution in [3.63, 3.8) is 0 Å². The molecule has 1 atom stereocenters. The van der Waals surface area contributed by atoms with Gasteiger partial charge in [-0.05, 0) is 41.8 Å². The van der Waals surface area contributed by atoms with Gasteiger partial charge in [-0.25, -0.2) is 0 Å². The summed E-state index contributed by atoms with van der Waals surface area (Å²) in [6, 6.07) is 14.9. The van der Waals surface area contributed by atoms with E-state index in [0.717, 1.165) is 23.7 Å². The molecule has 0 radical (unpaired) electrons. The molecule has 1 aliphatic heterocycles. The Kier molecular flexibility index (Phi) is 3.85. The molecule has 110 valence electrons. The van der Waals surface area contributed by atoms with Crippen LogP contribution in [-0.4, -0.2) is 20.0 Å². The van der Waals surface area contributed by atoms with E-state index in [9.17, 15) is 0 Å². The van der Waals surface area contributed by atoms with Gasteiger partial charge >= 0.3 is 0 Å². The largest absolute Gasteiger partial charge is 0.497 e. The zero-order valence-electron chi connectivity index (χ0n) is 12.7. The molecule has 0 bridgehead atoms. The minimum atomic E-state index is 0.165. The standard InChI is InChI=1S/C18H20O2S/c1-18(14-5-8-15(19-2)9-6-14)11-13-4-7-16(20-3)10-17(13)21-12-18/h4-10H,11-12H2,1-3H3/t18-/m1/s1. The molecular weight excluding hydrogens is 280 g/mol. The topological polar surface area (TPSA) is 18.5 Å². The third-order valence-corrected chi connectivity index (χ3v) is 5.66. The number of benzene rings is 2. The summed E-state index contributed by atoms with van der Waals surface area (Å²) in [7, 11) is 3.42. The van der Waals surface area contributed by atoms with Crippen LogP contribution in [-0.2, 0) is 11.8 Å². The van der Waals surface area contributed by atoms with E-state index in [4.69, 9.17) is 9.47 Å². The van der Waals surface area contributed by atoms with Crippen LogP contribution >= 0.6 is 11.8 Å². The van der Waals surface area contributed by atoms with Gasteiger partial charge in [-0.2, -0.15) is 0 Å². The zero-order chi connectivity index (χ0) is 14.9. The summed E-state index contributed by atoms with van der Waals surface area (Å²) in [5.74, 6) is 2.93. The van der Waals surface area contributed by atoms with Crippen LogP contribution in [0.3, 0.4) is 0 Å². The van der Waals surface area contributed by atoms with Crippen molar-refractivity contribution < 1.29 is 9.47 Å². The van der Waals surface area contributed by atoms with Gasteiger partial charge < -0.3 is 9.47 Å². The van der Waals surface area contributed by atoms with Crippen molar-refractivity contribution in [2.45, 2.75) is 23.7 Å². The number of hydrogen-bond donors (Lipinski definition) is 0. The van der Waals surface area contributed by atoms with Crippen molar-refractivity contribution in [1.29, 1.82) is 0 Å². The average molecular weight is 300 g/mol. The normalized spacial score (nSPS) is 20.7. The lowest BCUT2D eigenvalue weighted by Crippen LogP contribution is -2.31. The van der Waals surface area contributed by atoms with Crippen molar-refractivity contribution in [3.8, 4) is 11.5 Å². The first kappa shape index (κ1) is 14.3. The van der Waals surface area contributed by atoms with E-state index in [1.807, 2.05) is 11.8 Å². The number of fused-ring (bicyclic) bond motifs is 1. The molecule has 2 nitrogen and oxygen atoms in total.